The number of fused-ring (bicyclic) bond motifs is 1. The predicted molar refractivity (Wildman–Crippen MR) is 74.7 cm³/mol. The molecule has 0 atom stereocenters. The predicted octanol–water partition coefficient (Wildman–Crippen LogP) is 2.97. The molecule has 1 aliphatic heterocycles. The van der Waals surface area contributed by atoms with Crippen molar-refractivity contribution in [3.8, 4) is 11.5 Å². The number of amides is 1. The Bertz CT molecular complexity index is 716. The number of carbonyl (C=O) groups is 1. The van der Waals surface area contributed by atoms with Crippen molar-refractivity contribution >= 4 is 5.91 Å². The van der Waals surface area contributed by atoms with Crippen molar-refractivity contribution in [2.75, 3.05) is 13.8 Å². The van der Waals surface area contributed by atoms with E-state index in [-0.39, 0.29) is 18.0 Å². The summed E-state index contributed by atoms with van der Waals surface area (Å²) in [5.74, 6) is -1.71. The van der Waals surface area contributed by atoms with Crippen molar-refractivity contribution in [3.05, 3.63) is 59.2 Å². The molecule has 0 N–H and O–H groups in total. The number of halogens is 2. The van der Waals surface area contributed by atoms with E-state index in [0.717, 1.165) is 17.7 Å². The molecule has 1 heterocycles. The van der Waals surface area contributed by atoms with Crippen LogP contribution in [0.15, 0.2) is 36.4 Å². The van der Waals surface area contributed by atoms with Crippen LogP contribution in [-0.2, 0) is 6.54 Å². The van der Waals surface area contributed by atoms with E-state index in [2.05, 4.69) is 0 Å². The number of carbonyl (C=O) groups excluding carboxylic acids is 1. The monoisotopic (exact) mass is 305 g/mol. The van der Waals surface area contributed by atoms with Crippen molar-refractivity contribution in [2.24, 2.45) is 0 Å². The molecule has 0 radical (unpaired) electrons. The number of benzene rings is 2. The van der Waals surface area contributed by atoms with Gasteiger partial charge in [-0.25, -0.2) is 8.78 Å². The second-order valence-electron chi connectivity index (χ2n) is 4.89. The summed E-state index contributed by atoms with van der Waals surface area (Å²) in [6.45, 7) is 0.296. The van der Waals surface area contributed by atoms with Crippen LogP contribution in [0, 0.1) is 11.6 Å². The van der Waals surface area contributed by atoms with E-state index in [1.807, 2.05) is 12.1 Å². The Balaban J connectivity index is 1.81. The van der Waals surface area contributed by atoms with Gasteiger partial charge in [0.15, 0.2) is 18.4 Å². The molecule has 0 aliphatic carbocycles. The number of nitrogens with zero attached hydrogens (tertiary/aromatic N) is 1. The maximum atomic E-state index is 13.3. The number of hydrogen-bond donors (Lipinski definition) is 0. The van der Waals surface area contributed by atoms with Crippen LogP contribution in [0.25, 0.3) is 0 Å². The molecule has 0 saturated heterocycles. The molecular weight excluding hydrogens is 292 g/mol. The maximum Gasteiger partial charge on any atom is 0.260 e. The molecule has 22 heavy (non-hydrogen) atoms. The molecule has 3 rings (SSSR count). The van der Waals surface area contributed by atoms with Crippen LogP contribution in [-0.4, -0.2) is 24.6 Å². The van der Waals surface area contributed by atoms with E-state index >= 15 is 0 Å². The minimum Gasteiger partial charge on any atom is -0.497 e. The van der Waals surface area contributed by atoms with Crippen LogP contribution < -0.4 is 9.47 Å². The molecule has 2 aromatic carbocycles. The minimum atomic E-state index is -1.07. The summed E-state index contributed by atoms with van der Waals surface area (Å²) in [5.41, 5.74) is 0.905. The van der Waals surface area contributed by atoms with Crippen LogP contribution in [0.1, 0.15) is 15.9 Å². The Morgan fingerprint density at radius 1 is 1.18 bits per heavy atom. The molecule has 0 unspecified atom stereocenters. The van der Waals surface area contributed by atoms with Crippen molar-refractivity contribution < 1.29 is 23.0 Å². The smallest absolute Gasteiger partial charge is 0.260 e. The lowest BCUT2D eigenvalue weighted by Crippen LogP contribution is -2.38. The van der Waals surface area contributed by atoms with Crippen molar-refractivity contribution in [2.45, 2.75) is 6.54 Å². The lowest BCUT2D eigenvalue weighted by molar-refractivity contribution is 0.0496. The molecule has 114 valence electrons. The molecule has 1 amide bonds. The fraction of sp³-hybridized carbons (Fsp3) is 0.188. The van der Waals surface area contributed by atoms with Gasteiger partial charge in [0.05, 0.1) is 12.7 Å². The quantitative estimate of drug-likeness (QED) is 0.875. The van der Waals surface area contributed by atoms with E-state index in [1.165, 1.54) is 4.90 Å². The summed E-state index contributed by atoms with van der Waals surface area (Å²) in [4.78, 5) is 13.8. The topological polar surface area (TPSA) is 38.8 Å². The number of rotatable bonds is 3. The van der Waals surface area contributed by atoms with Gasteiger partial charge in [0.25, 0.3) is 5.91 Å². The van der Waals surface area contributed by atoms with Crippen molar-refractivity contribution in [1.82, 2.24) is 4.90 Å². The Kier molecular flexibility index (Phi) is 3.66. The third-order valence-corrected chi connectivity index (χ3v) is 3.45. The molecule has 4 nitrogen and oxygen atoms in total. The summed E-state index contributed by atoms with van der Waals surface area (Å²) in [6, 6.07) is 8.99. The summed E-state index contributed by atoms with van der Waals surface area (Å²) >= 11 is 0. The average molecular weight is 305 g/mol. The minimum absolute atomic E-state index is 0.0110. The molecular formula is C16H13F2NO3. The zero-order valence-electron chi connectivity index (χ0n) is 11.8. The summed E-state index contributed by atoms with van der Waals surface area (Å²) in [5, 5.41) is 0. The van der Waals surface area contributed by atoms with Gasteiger partial charge in [0.2, 0.25) is 0 Å². The van der Waals surface area contributed by atoms with E-state index in [0.29, 0.717) is 12.3 Å². The second kappa shape index (κ2) is 5.63. The third-order valence-electron chi connectivity index (χ3n) is 3.45. The summed E-state index contributed by atoms with van der Waals surface area (Å²) in [7, 11) is 1.57. The van der Waals surface area contributed by atoms with Crippen LogP contribution >= 0.6 is 0 Å². The zero-order valence-corrected chi connectivity index (χ0v) is 11.8. The highest BCUT2D eigenvalue weighted by atomic mass is 19.2. The third kappa shape index (κ3) is 2.59. The first-order valence-electron chi connectivity index (χ1n) is 6.62. The summed E-state index contributed by atoms with van der Waals surface area (Å²) in [6.07, 6.45) is 0. The fourth-order valence-electron chi connectivity index (χ4n) is 2.26. The Morgan fingerprint density at radius 2 is 1.86 bits per heavy atom. The number of hydrogen-bond acceptors (Lipinski definition) is 3. The van der Waals surface area contributed by atoms with Gasteiger partial charge in [0, 0.05) is 12.6 Å². The van der Waals surface area contributed by atoms with Crippen LogP contribution in [0.5, 0.6) is 11.5 Å². The first kappa shape index (κ1) is 14.3. The van der Waals surface area contributed by atoms with Crippen LogP contribution in [0.4, 0.5) is 8.78 Å². The maximum absolute atomic E-state index is 13.3. The SMILES string of the molecule is COc1ccc(CN2COc3cc(F)c(F)cc3C2=O)cc1. The average Bonchev–Trinajstić information content (AvgIpc) is 2.53. The van der Waals surface area contributed by atoms with Gasteiger partial charge in [0.1, 0.15) is 11.5 Å². The largest absolute Gasteiger partial charge is 0.497 e. The molecule has 0 bridgehead atoms. The van der Waals surface area contributed by atoms with Gasteiger partial charge in [-0.3, -0.25) is 4.79 Å². The van der Waals surface area contributed by atoms with Gasteiger partial charge in [-0.1, -0.05) is 12.1 Å². The van der Waals surface area contributed by atoms with Crippen molar-refractivity contribution in [3.63, 3.8) is 0 Å². The second-order valence-corrected chi connectivity index (χ2v) is 4.89. The lowest BCUT2D eigenvalue weighted by atomic mass is 10.1. The normalized spacial score (nSPS) is 13.6. The highest BCUT2D eigenvalue weighted by Crippen LogP contribution is 2.28. The summed E-state index contributed by atoms with van der Waals surface area (Å²) < 4.78 is 36.9. The van der Waals surface area contributed by atoms with Gasteiger partial charge in [-0.2, -0.15) is 0 Å². The van der Waals surface area contributed by atoms with Crippen molar-refractivity contribution in [1.29, 1.82) is 0 Å². The van der Waals surface area contributed by atoms with E-state index < -0.39 is 17.5 Å². The van der Waals surface area contributed by atoms with Gasteiger partial charge >= 0.3 is 0 Å². The van der Waals surface area contributed by atoms with Crippen LogP contribution in [0.3, 0.4) is 0 Å². The van der Waals surface area contributed by atoms with Gasteiger partial charge in [-0.05, 0) is 23.8 Å². The van der Waals surface area contributed by atoms with Gasteiger partial charge in [-0.15, -0.1) is 0 Å². The van der Waals surface area contributed by atoms with Gasteiger partial charge < -0.3 is 14.4 Å². The molecule has 0 saturated carbocycles. The lowest BCUT2D eigenvalue weighted by Gasteiger charge is -2.28. The number of methoxy groups -OCH3 is 1. The number of ether oxygens (including phenoxy) is 2. The van der Waals surface area contributed by atoms with E-state index in [9.17, 15) is 13.6 Å². The van der Waals surface area contributed by atoms with E-state index in [1.54, 1.807) is 19.2 Å². The first-order valence-corrected chi connectivity index (χ1v) is 6.62. The highest BCUT2D eigenvalue weighted by molar-refractivity contribution is 5.97. The molecule has 2 aromatic rings. The van der Waals surface area contributed by atoms with E-state index in [4.69, 9.17) is 9.47 Å². The Hall–Kier alpha value is -2.63. The molecule has 6 heteroatoms. The Labute approximate surface area is 125 Å². The first-order chi connectivity index (χ1) is 10.6. The molecule has 0 spiro atoms. The standard InChI is InChI=1S/C16H13F2NO3/c1-21-11-4-2-10(3-5-11)8-19-9-22-15-7-14(18)13(17)6-12(15)16(19)20/h2-7H,8-9H2,1H3. The molecule has 1 aliphatic rings. The zero-order chi connectivity index (χ0) is 15.7. The Morgan fingerprint density at radius 3 is 2.55 bits per heavy atom. The fourth-order valence-corrected chi connectivity index (χ4v) is 2.26. The molecule has 0 aromatic heterocycles. The highest BCUT2D eigenvalue weighted by Gasteiger charge is 2.27. The van der Waals surface area contributed by atoms with Crippen LogP contribution in [0.2, 0.25) is 0 Å². The molecule has 0 fully saturated rings.